The van der Waals surface area contributed by atoms with Gasteiger partial charge in [0.2, 0.25) is 0 Å². The van der Waals surface area contributed by atoms with Gasteiger partial charge in [-0.15, -0.1) is 0 Å². The summed E-state index contributed by atoms with van der Waals surface area (Å²) in [6, 6.07) is 15.0. The summed E-state index contributed by atoms with van der Waals surface area (Å²) in [5, 5.41) is 3.91. The van der Waals surface area contributed by atoms with Gasteiger partial charge >= 0.3 is 0 Å². The molecular weight excluding hydrogens is 383 g/mol. The van der Waals surface area contributed by atoms with Crippen LogP contribution in [0.15, 0.2) is 60.8 Å². The Bertz CT molecular complexity index is 914. The largest absolute Gasteiger partial charge is 0.455 e. The molecule has 2 aromatic carbocycles. The maximum absolute atomic E-state index is 12.4. The van der Waals surface area contributed by atoms with Crippen molar-refractivity contribution in [2.24, 2.45) is 0 Å². The van der Waals surface area contributed by atoms with E-state index in [4.69, 9.17) is 39.5 Å². The van der Waals surface area contributed by atoms with Gasteiger partial charge in [-0.2, -0.15) is 0 Å². The van der Waals surface area contributed by atoms with Crippen LogP contribution < -0.4 is 10.1 Å². The molecule has 0 saturated carbocycles. The van der Waals surface area contributed by atoms with Gasteiger partial charge < -0.3 is 10.1 Å². The molecule has 1 aromatic heterocycles. The number of pyridine rings is 1. The number of anilines is 1. The number of benzene rings is 2. The summed E-state index contributed by atoms with van der Waals surface area (Å²) in [5.74, 6) is 0.586. The van der Waals surface area contributed by atoms with Gasteiger partial charge in [0.15, 0.2) is 5.75 Å². The van der Waals surface area contributed by atoms with Crippen LogP contribution in [-0.2, 0) is 0 Å². The summed E-state index contributed by atoms with van der Waals surface area (Å²) in [4.78, 5) is 16.3. The highest BCUT2D eigenvalue weighted by Crippen LogP contribution is 2.33. The topological polar surface area (TPSA) is 51.2 Å². The lowest BCUT2D eigenvalue weighted by Gasteiger charge is -2.13. The molecule has 0 aliphatic carbocycles. The minimum absolute atomic E-state index is 0.113. The lowest BCUT2D eigenvalue weighted by Crippen LogP contribution is -2.13. The molecule has 0 spiro atoms. The lowest BCUT2D eigenvalue weighted by atomic mass is 10.2. The monoisotopic (exact) mass is 392 g/mol. The molecule has 1 heterocycles. The van der Waals surface area contributed by atoms with Crippen molar-refractivity contribution in [2.75, 3.05) is 5.32 Å². The Morgan fingerprint density at radius 2 is 1.68 bits per heavy atom. The number of carbonyl (C=O) groups is 1. The summed E-state index contributed by atoms with van der Waals surface area (Å²) in [7, 11) is 0. The van der Waals surface area contributed by atoms with E-state index in [1.807, 2.05) is 0 Å². The third-order valence-corrected chi connectivity index (χ3v) is 4.02. The van der Waals surface area contributed by atoms with E-state index >= 15 is 0 Å². The molecule has 0 fully saturated rings. The first-order chi connectivity index (χ1) is 12.0. The third-order valence-electron chi connectivity index (χ3n) is 3.23. The highest BCUT2D eigenvalue weighted by molar-refractivity contribution is 6.33. The van der Waals surface area contributed by atoms with Crippen molar-refractivity contribution in [2.45, 2.75) is 0 Å². The Labute approximate surface area is 159 Å². The fourth-order valence-electron chi connectivity index (χ4n) is 2.06. The summed E-state index contributed by atoms with van der Waals surface area (Å²) in [5.41, 5.74) is 0.661. The van der Waals surface area contributed by atoms with Gasteiger partial charge in [-0.25, -0.2) is 4.98 Å². The highest BCUT2D eigenvalue weighted by atomic mass is 35.5. The zero-order valence-corrected chi connectivity index (χ0v) is 14.9. The second-order valence-electron chi connectivity index (χ2n) is 4.99. The molecular formula is C18H11Cl3N2O2. The number of halogens is 3. The van der Waals surface area contributed by atoms with Gasteiger partial charge in [0, 0.05) is 16.2 Å². The SMILES string of the molecule is O=C(Nc1cc(Cl)ccc1Oc1ccc(Cl)cc1)c1cccnc1Cl. The average Bonchev–Trinajstić information content (AvgIpc) is 2.59. The number of carbonyl (C=O) groups excluding carboxylic acids is 1. The Morgan fingerprint density at radius 1 is 0.960 bits per heavy atom. The van der Waals surface area contributed by atoms with Crippen molar-refractivity contribution in [1.29, 1.82) is 0 Å². The molecule has 0 saturated heterocycles. The van der Waals surface area contributed by atoms with Gasteiger partial charge in [-0.1, -0.05) is 34.8 Å². The number of hydrogen-bond donors (Lipinski definition) is 1. The zero-order valence-electron chi connectivity index (χ0n) is 12.7. The molecule has 0 bridgehead atoms. The van der Waals surface area contributed by atoms with Crippen LogP contribution in [0.25, 0.3) is 0 Å². The van der Waals surface area contributed by atoms with E-state index in [2.05, 4.69) is 10.3 Å². The van der Waals surface area contributed by atoms with Crippen molar-refractivity contribution in [1.82, 2.24) is 4.98 Å². The van der Waals surface area contributed by atoms with E-state index in [-0.39, 0.29) is 10.7 Å². The molecule has 1 amide bonds. The third kappa shape index (κ3) is 4.42. The van der Waals surface area contributed by atoms with Crippen LogP contribution in [0.4, 0.5) is 5.69 Å². The van der Waals surface area contributed by atoms with Gasteiger partial charge in [0.25, 0.3) is 5.91 Å². The number of nitrogens with one attached hydrogen (secondary N) is 1. The van der Waals surface area contributed by atoms with Gasteiger partial charge in [0.05, 0.1) is 11.3 Å². The van der Waals surface area contributed by atoms with Crippen LogP contribution in [0.3, 0.4) is 0 Å². The van der Waals surface area contributed by atoms with Gasteiger partial charge in [-0.05, 0) is 54.6 Å². The summed E-state index contributed by atoms with van der Waals surface area (Å²) in [6.45, 7) is 0. The summed E-state index contributed by atoms with van der Waals surface area (Å²) < 4.78 is 5.81. The van der Waals surface area contributed by atoms with Gasteiger partial charge in [-0.3, -0.25) is 4.79 Å². The van der Waals surface area contributed by atoms with E-state index in [0.29, 0.717) is 27.2 Å². The quantitative estimate of drug-likeness (QED) is 0.546. The first kappa shape index (κ1) is 17.5. The van der Waals surface area contributed by atoms with E-state index in [9.17, 15) is 4.79 Å². The van der Waals surface area contributed by atoms with Gasteiger partial charge in [0.1, 0.15) is 10.9 Å². The van der Waals surface area contributed by atoms with E-state index < -0.39 is 5.91 Å². The van der Waals surface area contributed by atoms with Crippen molar-refractivity contribution in [3.63, 3.8) is 0 Å². The Kier molecular flexibility index (Phi) is 5.43. The molecule has 0 aliphatic heterocycles. The molecule has 0 unspecified atom stereocenters. The second-order valence-corrected chi connectivity index (χ2v) is 6.22. The number of ether oxygens (including phenoxy) is 1. The fourth-order valence-corrected chi connectivity index (χ4v) is 2.57. The Balaban J connectivity index is 1.88. The minimum Gasteiger partial charge on any atom is -0.455 e. The Morgan fingerprint density at radius 3 is 2.40 bits per heavy atom. The lowest BCUT2D eigenvalue weighted by molar-refractivity contribution is 0.102. The van der Waals surface area contributed by atoms with Crippen LogP contribution in [0.1, 0.15) is 10.4 Å². The zero-order chi connectivity index (χ0) is 17.8. The van der Waals surface area contributed by atoms with Crippen LogP contribution >= 0.6 is 34.8 Å². The van der Waals surface area contributed by atoms with Crippen LogP contribution in [0, 0.1) is 0 Å². The van der Waals surface area contributed by atoms with E-state index in [0.717, 1.165) is 0 Å². The Hall–Kier alpha value is -2.27. The predicted molar refractivity (Wildman–Crippen MR) is 100 cm³/mol. The van der Waals surface area contributed by atoms with Crippen LogP contribution in [0.5, 0.6) is 11.5 Å². The molecule has 126 valence electrons. The minimum atomic E-state index is -0.415. The van der Waals surface area contributed by atoms with Crippen molar-refractivity contribution in [3.8, 4) is 11.5 Å². The molecule has 0 radical (unpaired) electrons. The first-order valence-electron chi connectivity index (χ1n) is 7.18. The smallest absolute Gasteiger partial charge is 0.258 e. The molecule has 0 aliphatic rings. The summed E-state index contributed by atoms with van der Waals surface area (Å²) >= 11 is 17.9. The molecule has 4 nitrogen and oxygen atoms in total. The van der Waals surface area contributed by atoms with E-state index in [1.54, 1.807) is 54.6 Å². The van der Waals surface area contributed by atoms with E-state index in [1.165, 1.54) is 6.20 Å². The summed E-state index contributed by atoms with van der Waals surface area (Å²) in [6.07, 6.45) is 1.51. The van der Waals surface area contributed by atoms with Crippen molar-refractivity contribution >= 4 is 46.4 Å². The van der Waals surface area contributed by atoms with Crippen LogP contribution in [0.2, 0.25) is 15.2 Å². The average molecular weight is 394 g/mol. The molecule has 3 rings (SSSR count). The standard InChI is InChI=1S/C18H11Cl3N2O2/c19-11-3-6-13(7-4-11)25-16-8-5-12(20)10-15(16)23-18(24)14-2-1-9-22-17(14)21/h1-10H,(H,23,24). The molecule has 3 aromatic rings. The maximum Gasteiger partial charge on any atom is 0.258 e. The number of hydrogen-bond acceptors (Lipinski definition) is 3. The first-order valence-corrected chi connectivity index (χ1v) is 8.31. The highest BCUT2D eigenvalue weighted by Gasteiger charge is 2.14. The maximum atomic E-state index is 12.4. The van der Waals surface area contributed by atoms with Crippen molar-refractivity contribution < 1.29 is 9.53 Å². The fraction of sp³-hybridized carbons (Fsp3) is 0. The molecule has 7 heteroatoms. The van der Waals surface area contributed by atoms with Crippen molar-refractivity contribution in [3.05, 3.63) is 81.6 Å². The normalized spacial score (nSPS) is 10.4. The number of aromatic nitrogens is 1. The second kappa shape index (κ2) is 7.74. The molecule has 0 atom stereocenters. The number of amides is 1. The van der Waals surface area contributed by atoms with Crippen LogP contribution in [-0.4, -0.2) is 10.9 Å². The number of nitrogens with zero attached hydrogens (tertiary/aromatic N) is 1. The molecule has 25 heavy (non-hydrogen) atoms. The number of rotatable bonds is 4. The predicted octanol–water partition coefficient (Wildman–Crippen LogP) is 6.09. The molecule has 1 N–H and O–H groups in total.